The van der Waals surface area contributed by atoms with Crippen molar-refractivity contribution in [1.82, 2.24) is 0 Å². The molecule has 0 heterocycles. The Kier molecular flexibility index (Phi) is 2.60. The van der Waals surface area contributed by atoms with Crippen molar-refractivity contribution in [3.05, 3.63) is 41.4 Å². The van der Waals surface area contributed by atoms with Gasteiger partial charge in [-0.25, -0.2) is 0 Å². The molecular weight excluding hydrogens is 194 g/mol. The number of hydrogen-bond donors (Lipinski definition) is 1. The second-order valence-corrected chi connectivity index (χ2v) is 3.58. The van der Waals surface area contributed by atoms with Crippen LogP contribution in [0.25, 0.3) is 10.8 Å². The molecule has 1 N–H and O–H groups in total. The monoisotopic (exact) mass is 205 g/mol. The predicted octanol–water partition coefficient (Wildman–Crippen LogP) is 3.93. The van der Waals surface area contributed by atoms with Crippen molar-refractivity contribution in [3.63, 3.8) is 0 Å². The summed E-state index contributed by atoms with van der Waals surface area (Å²) < 4.78 is 0. The van der Waals surface area contributed by atoms with Crippen LogP contribution in [-0.4, -0.2) is 6.54 Å². The van der Waals surface area contributed by atoms with Crippen molar-refractivity contribution in [2.75, 3.05) is 11.9 Å². The average molecular weight is 206 g/mol. The lowest BCUT2D eigenvalue weighted by Gasteiger charge is -2.08. The van der Waals surface area contributed by atoms with Crippen LogP contribution in [-0.2, 0) is 0 Å². The zero-order valence-corrected chi connectivity index (χ0v) is 8.81. The summed E-state index contributed by atoms with van der Waals surface area (Å²) in [5.74, 6) is 0. The Morgan fingerprint density at radius 1 is 1.07 bits per heavy atom. The molecule has 0 aliphatic rings. The average Bonchev–Trinajstić information content (AvgIpc) is 2.23. The molecule has 0 radical (unpaired) electrons. The molecule has 0 bridgehead atoms. The van der Waals surface area contributed by atoms with Crippen molar-refractivity contribution in [2.45, 2.75) is 6.92 Å². The summed E-state index contributed by atoms with van der Waals surface area (Å²) in [6.07, 6.45) is 0. The van der Waals surface area contributed by atoms with Gasteiger partial charge >= 0.3 is 0 Å². The van der Waals surface area contributed by atoms with Gasteiger partial charge in [0, 0.05) is 28.0 Å². The molecule has 2 aromatic carbocycles. The van der Waals surface area contributed by atoms with Crippen LogP contribution >= 0.6 is 11.6 Å². The van der Waals surface area contributed by atoms with E-state index in [0.29, 0.717) is 0 Å². The first kappa shape index (κ1) is 9.35. The predicted molar refractivity (Wildman–Crippen MR) is 63.1 cm³/mol. The number of hydrogen-bond acceptors (Lipinski definition) is 1. The van der Waals surface area contributed by atoms with Gasteiger partial charge in [-0.2, -0.15) is 0 Å². The van der Waals surface area contributed by atoms with Gasteiger partial charge in [0.25, 0.3) is 0 Å². The molecule has 0 aliphatic heterocycles. The summed E-state index contributed by atoms with van der Waals surface area (Å²) >= 11 is 6.10. The van der Waals surface area contributed by atoms with E-state index in [4.69, 9.17) is 11.6 Å². The van der Waals surface area contributed by atoms with E-state index in [1.54, 1.807) is 0 Å². The van der Waals surface area contributed by atoms with Crippen molar-refractivity contribution in [3.8, 4) is 0 Å². The minimum Gasteiger partial charge on any atom is -0.385 e. The molecule has 1 nitrogen and oxygen atoms in total. The molecule has 0 atom stereocenters. The third kappa shape index (κ3) is 1.55. The normalized spacial score (nSPS) is 10.4. The van der Waals surface area contributed by atoms with E-state index in [0.717, 1.165) is 22.6 Å². The second kappa shape index (κ2) is 3.89. The van der Waals surface area contributed by atoms with E-state index in [9.17, 15) is 0 Å². The summed E-state index contributed by atoms with van der Waals surface area (Å²) in [7, 11) is 0. The third-order valence-electron chi connectivity index (χ3n) is 2.24. The largest absolute Gasteiger partial charge is 0.385 e. The fraction of sp³-hybridized carbons (Fsp3) is 0.167. The number of nitrogens with one attached hydrogen (secondary N) is 1. The van der Waals surface area contributed by atoms with E-state index in [1.165, 1.54) is 5.39 Å². The van der Waals surface area contributed by atoms with E-state index in [2.05, 4.69) is 18.3 Å². The van der Waals surface area contributed by atoms with Crippen molar-refractivity contribution < 1.29 is 0 Å². The molecule has 14 heavy (non-hydrogen) atoms. The Hall–Kier alpha value is -1.21. The lowest BCUT2D eigenvalue weighted by atomic mass is 10.1. The van der Waals surface area contributed by atoms with Gasteiger partial charge in [-0.05, 0) is 19.1 Å². The van der Waals surface area contributed by atoms with Gasteiger partial charge in [-0.1, -0.05) is 35.9 Å². The van der Waals surface area contributed by atoms with E-state index in [1.807, 2.05) is 30.3 Å². The zero-order chi connectivity index (χ0) is 9.97. The van der Waals surface area contributed by atoms with Crippen LogP contribution in [0.1, 0.15) is 6.92 Å². The number of halogens is 1. The molecule has 2 aromatic rings. The van der Waals surface area contributed by atoms with Crippen LogP contribution in [0.4, 0.5) is 5.69 Å². The van der Waals surface area contributed by atoms with Crippen LogP contribution in [0.3, 0.4) is 0 Å². The smallest absolute Gasteiger partial charge is 0.0485 e. The van der Waals surface area contributed by atoms with Gasteiger partial charge in [0.1, 0.15) is 0 Å². The SMILES string of the molecule is CCNc1ccc(Cl)c2ccccc12. The van der Waals surface area contributed by atoms with Gasteiger partial charge < -0.3 is 5.32 Å². The molecule has 2 heteroatoms. The molecule has 0 spiro atoms. The maximum Gasteiger partial charge on any atom is 0.0485 e. The van der Waals surface area contributed by atoms with Gasteiger partial charge in [-0.15, -0.1) is 0 Å². The van der Waals surface area contributed by atoms with E-state index in [-0.39, 0.29) is 0 Å². The molecule has 72 valence electrons. The van der Waals surface area contributed by atoms with Gasteiger partial charge in [0.2, 0.25) is 0 Å². The quantitative estimate of drug-likeness (QED) is 0.784. The molecular formula is C12H12ClN. The van der Waals surface area contributed by atoms with Crippen molar-refractivity contribution in [1.29, 1.82) is 0 Å². The van der Waals surface area contributed by atoms with Crippen molar-refractivity contribution in [2.24, 2.45) is 0 Å². The standard InChI is InChI=1S/C12H12ClN/c1-2-14-12-8-7-11(13)9-5-3-4-6-10(9)12/h3-8,14H,2H2,1H3. The van der Waals surface area contributed by atoms with Gasteiger partial charge in [0.05, 0.1) is 0 Å². The number of anilines is 1. The topological polar surface area (TPSA) is 12.0 Å². The summed E-state index contributed by atoms with van der Waals surface area (Å²) in [5, 5.41) is 6.41. The maximum atomic E-state index is 6.10. The first-order chi connectivity index (χ1) is 6.83. The number of fused-ring (bicyclic) bond motifs is 1. The highest BCUT2D eigenvalue weighted by Gasteiger charge is 2.02. The van der Waals surface area contributed by atoms with Crippen molar-refractivity contribution >= 4 is 28.1 Å². The Balaban J connectivity index is 2.68. The third-order valence-corrected chi connectivity index (χ3v) is 2.57. The fourth-order valence-corrected chi connectivity index (χ4v) is 1.83. The van der Waals surface area contributed by atoms with Crippen LogP contribution in [0.5, 0.6) is 0 Å². The Morgan fingerprint density at radius 2 is 1.79 bits per heavy atom. The summed E-state index contributed by atoms with van der Waals surface area (Å²) in [6, 6.07) is 12.1. The number of benzene rings is 2. The minimum absolute atomic E-state index is 0.808. The lowest BCUT2D eigenvalue weighted by Crippen LogP contribution is -1.96. The zero-order valence-electron chi connectivity index (χ0n) is 8.05. The maximum absolute atomic E-state index is 6.10. The minimum atomic E-state index is 0.808. The van der Waals surface area contributed by atoms with Gasteiger partial charge in [-0.3, -0.25) is 0 Å². The second-order valence-electron chi connectivity index (χ2n) is 3.17. The van der Waals surface area contributed by atoms with E-state index >= 15 is 0 Å². The summed E-state index contributed by atoms with van der Waals surface area (Å²) in [6.45, 7) is 3.01. The molecule has 0 amide bonds. The molecule has 0 saturated carbocycles. The highest BCUT2D eigenvalue weighted by molar-refractivity contribution is 6.36. The molecule has 0 aromatic heterocycles. The molecule has 0 fully saturated rings. The summed E-state index contributed by atoms with van der Waals surface area (Å²) in [5.41, 5.74) is 1.15. The first-order valence-electron chi connectivity index (χ1n) is 4.74. The highest BCUT2D eigenvalue weighted by Crippen LogP contribution is 2.29. The van der Waals surface area contributed by atoms with Crippen LogP contribution in [0, 0.1) is 0 Å². The van der Waals surface area contributed by atoms with Gasteiger partial charge in [0.15, 0.2) is 0 Å². The summed E-state index contributed by atoms with van der Waals surface area (Å²) in [4.78, 5) is 0. The first-order valence-corrected chi connectivity index (χ1v) is 5.12. The molecule has 0 unspecified atom stereocenters. The Morgan fingerprint density at radius 3 is 2.50 bits per heavy atom. The Labute approximate surface area is 88.7 Å². The molecule has 0 saturated heterocycles. The lowest BCUT2D eigenvalue weighted by molar-refractivity contribution is 1.22. The van der Waals surface area contributed by atoms with E-state index < -0.39 is 0 Å². The molecule has 0 aliphatic carbocycles. The van der Waals surface area contributed by atoms with Crippen LogP contribution in [0.15, 0.2) is 36.4 Å². The molecule has 2 rings (SSSR count). The van der Waals surface area contributed by atoms with Crippen LogP contribution < -0.4 is 5.32 Å². The highest BCUT2D eigenvalue weighted by atomic mass is 35.5. The Bertz CT molecular complexity index is 451. The van der Waals surface area contributed by atoms with Crippen LogP contribution in [0.2, 0.25) is 5.02 Å². The fourth-order valence-electron chi connectivity index (χ4n) is 1.61. The number of rotatable bonds is 2.